The molecule has 0 aromatic carbocycles. The standard InChI is InChI=1S/C13H10Cl2N2O3S/c1-7(11(18)12-16-2-3-21-12)13(19)20-6-8-4-9(14)17-10(15)5-8/h2-5,11,18H,1,6H2. The zero-order chi connectivity index (χ0) is 15.4. The molecular weight excluding hydrogens is 335 g/mol. The number of halogens is 2. The van der Waals surface area contributed by atoms with Crippen LogP contribution in [0.5, 0.6) is 0 Å². The van der Waals surface area contributed by atoms with Crippen LogP contribution < -0.4 is 0 Å². The highest BCUT2D eigenvalue weighted by molar-refractivity contribution is 7.09. The van der Waals surface area contributed by atoms with Crippen molar-refractivity contribution in [1.29, 1.82) is 0 Å². The summed E-state index contributed by atoms with van der Waals surface area (Å²) >= 11 is 12.7. The molecular formula is C13H10Cl2N2O3S. The molecule has 1 N–H and O–H groups in total. The van der Waals surface area contributed by atoms with Crippen molar-refractivity contribution in [2.75, 3.05) is 0 Å². The maximum Gasteiger partial charge on any atom is 0.336 e. The van der Waals surface area contributed by atoms with E-state index >= 15 is 0 Å². The molecule has 0 bridgehead atoms. The van der Waals surface area contributed by atoms with Crippen molar-refractivity contribution in [2.24, 2.45) is 0 Å². The third-order valence-electron chi connectivity index (χ3n) is 2.47. The number of thiazole rings is 1. The maximum absolute atomic E-state index is 11.8. The Balaban J connectivity index is 1.96. The summed E-state index contributed by atoms with van der Waals surface area (Å²) in [5.41, 5.74) is 0.501. The molecule has 0 saturated carbocycles. The average Bonchev–Trinajstić information content (AvgIpc) is 2.96. The molecule has 0 aliphatic rings. The second kappa shape index (κ2) is 7.00. The molecule has 0 spiro atoms. The van der Waals surface area contributed by atoms with Crippen molar-refractivity contribution < 1.29 is 14.6 Å². The van der Waals surface area contributed by atoms with E-state index in [-0.39, 0.29) is 22.5 Å². The van der Waals surface area contributed by atoms with Crippen molar-refractivity contribution in [1.82, 2.24) is 9.97 Å². The second-order valence-electron chi connectivity index (χ2n) is 4.00. The highest BCUT2D eigenvalue weighted by atomic mass is 35.5. The van der Waals surface area contributed by atoms with Crippen LogP contribution in [-0.4, -0.2) is 21.0 Å². The molecule has 2 heterocycles. The molecule has 0 radical (unpaired) electrons. The van der Waals surface area contributed by atoms with E-state index in [4.69, 9.17) is 27.9 Å². The van der Waals surface area contributed by atoms with Crippen molar-refractivity contribution >= 4 is 40.5 Å². The molecule has 0 amide bonds. The first-order valence-corrected chi connectivity index (χ1v) is 7.36. The number of esters is 1. The van der Waals surface area contributed by atoms with Gasteiger partial charge in [0, 0.05) is 11.6 Å². The summed E-state index contributed by atoms with van der Waals surface area (Å²) in [4.78, 5) is 19.5. The number of hydrogen-bond donors (Lipinski definition) is 1. The number of aliphatic hydroxyl groups is 1. The van der Waals surface area contributed by atoms with Crippen LogP contribution in [0.15, 0.2) is 35.9 Å². The summed E-state index contributed by atoms with van der Waals surface area (Å²) in [7, 11) is 0. The minimum absolute atomic E-state index is 0.0512. The number of aliphatic hydroxyl groups excluding tert-OH is 1. The fourth-order valence-corrected chi connectivity index (χ4v) is 2.63. The van der Waals surface area contributed by atoms with Crippen LogP contribution in [0.2, 0.25) is 10.3 Å². The highest BCUT2D eigenvalue weighted by Crippen LogP contribution is 2.23. The molecule has 1 unspecified atom stereocenters. The van der Waals surface area contributed by atoms with E-state index < -0.39 is 12.1 Å². The van der Waals surface area contributed by atoms with E-state index in [1.807, 2.05) is 0 Å². The number of nitrogens with zero attached hydrogens (tertiary/aromatic N) is 2. The first kappa shape index (κ1) is 15.9. The van der Waals surface area contributed by atoms with Crippen molar-refractivity contribution in [3.05, 3.63) is 56.7 Å². The van der Waals surface area contributed by atoms with Crippen molar-refractivity contribution in [3.63, 3.8) is 0 Å². The molecule has 0 saturated heterocycles. The van der Waals surface area contributed by atoms with E-state index in [0.29, 0.717) is 10.6 Å². The van der Waals surface area contributed by atoms with Gasteiger partial charge in [0.25, 0.3) is 0 Å². The van der Waals surface area contributed by atoms with E-state index in [9.17, 15) is 9.90 Å². The van der Waals surface area contributed by atoms with Crippen LogP contribution in [-0.2, 0) is 16.1 Å². The lowest BCUT2D eigenvalue weighted by Gasteiger charge is -2.11. The average molecular weight is 345 g/mol. The van der Waals surface area contributed by atoms with E-state index in [2.05, 4.69) is 16.5 Å². The maximum atomic E-state index is 11.8. The van der Waals surface area contributed by atoms with Crippen LogP contribution in [0.4, 0.5) is 0 Å². The molecule has 8 heteroatoms. The van der Waals surface area contributed by atoms with Gasteiger partial charge in [-0.05, 0) is 17.7 Å². The minimum atomic E-state index is -1.18. The number of hydrogen-bond acceptors (Lipinski definition) is 6. The second-order valence-corrected chi connectivity index (χ2v) is 5.70. The minimum Gasteiger partial charge on any atom is -0.457 e. The summed E-state index contributed by atoms with van der Waals surface area (Å²) < 4.78 is 5.05. The smallest absolute Gasteiger partial charge is 0.336 e. The predicted molar refractivity (Wildman–Crippen MR) is 80.3 cm³/mol. The van der Waals surface area contributed by atoms with Gasteiger partial charge in [0.1, 0.15) is 28.0 Å². The molecule has 0 fully saturated rings. The van der Waals surface area contributed by atoms with Gasteiger partial charge in [-0.1, -0.05) is 29.8 Å². The Kier molecular flexibility index (Phi) is 5.30. The van der Waals surface area contributed by atoms with E-state index in [1.165, 1.54) is 29.7 Å². The zero-order valence-corrected chi connectivity index (χ0v) is 13.0. The third kappa shape index (κ3) is 4.25. The SMILES string of the molecule is C=C(C(=O)OCc1cc(Cl)nc(Cl)c1)C(O)c1nccs1. The van der Waals surface area contributed by atoms with E-state index in [0.717, 1.165) is 0 Å². The number of carbonyl (C=O) groups excluding carboxylic acids is 1. The van der Waals surface area contributed by atoms with Crippen LogP contribution >= 0.6 is 34.5 Å². The lowest BCUT2D eigenvalue weighted by molar-refractivity contribution is -0.141. The monoisotopic (exact) mass is 344 g/mol. The normalized spacial score (nSPS) is 12.0. The molecule has 2 aromatic heterocycles. The van der Waals surface area contributed by atoms with Gasteiger partial charge in [-0.15, -0.1) is 11.3 Å². The molecule has 5 nitrogen and oxygen atoms in total. The van der Waals surface area contributed by atoms with Crippen LogP contribution in [0.3, 0.4) is 0 Å². The van der Waals surface area contributed by atoms with Crippen LogP contribution in [0.1, 0.15) is 16.7 Å². The van der Waals surface area contributed by atoms with Gasteiger partial charge in [-0.25, -0.2) is 14.8 Å². The quantitative estimate of drug-likeness (QED) is 0.512. The molecule has 21 heavy (non-hydrogen) atoms. The molecule has 110 valence electrons. The van der Waals surface area contributed by atoms with Crippen molar-refractivity contribution in [3.8, 4) is 0 Å². The van der Waals surface area contributed by atoms with Gasteiger partial charge in [-0.3, -0.25) is 0 Å². The highest BCUT2D eigenvalue weighted by Gasteiger charge is 2.21. The molecule has 0 aliphatic carbocycles. The Morgan fingerprint density at radius 2 is 2.10 bits per heavy atom. The van der Waals surface area contributed by atoms with Gasteiger partial charge in [-0.2, -0.15) is 0 Å². The summed E-state index contributed by atoms with van der Waals surface area (Å²) in [6.45, 7) is 3.48. The van der Waals surface area contributed by atoms with Gasteiger partial charge >= 0.3 is 5.97 Å². The third-order valence-corrected chi connectivity index (χ3v) is 3.69. The molecule has 2 aromatic rings. The Hall–Kier alpha value is -1.47. The predicted octanol–water partition coefficient (Wildman–Crippen LogP) is 3.18. The topological polar surface area (TPSA) is 72.3 Å². The van der Waals surface area contributed by atoms with Crippen LogP contribution in [0.25, 0.3) is 0 Å². The molecule has 2 rings (SSSR count). The Labute approximate surface area is 134 Å². The number of carbonyl (C=O) groups is 1. The van der Waals surface area contributed by atoms with Gasteiger partial charge in [0.05, 0.1) is 5.57 Å². The fourth-order valence-electron chi connectivity index (χ4n) is 1.47. The van der Waals surface area contributed by atoms with Crippen LogP contribution in [0, 0.1) is 0 Å². The largest absolute Gasteiger partial charge is 0.457 e. The first-order valence-electron chi connectivity index (χ1n) is 5.72. The lowest BCUT2D eigenvalue weighted by Crippen LogP contribution is -2.13. The Morgan fingerprint density at radius 1 is 1.43 bits per heavy atom. The number of rotatable bonds is 5. The fraction of sp³-hybridized carbons (Fsp3) is 0.154. The summed E-state index contributed by atoms with van der Waals surface area (Å²) in [6, 6.07) is 3.06. The Bertz CT molecular complexity index is 641. The molecule has 1 atom stereocenters. The van der Waals surface area contributed by atoms with Gasteiger partial charge < -0.3 is 9.84 Å². The summed E-state index contributed by atoms with van der Waals surface area (Å²) in [6.07, 6.45) is 0.352. The molecule has 0 aliphatic heterocycles. The number of pyridine rings is 1. The first-order chi connectivity index (χ1) is 9.97. The Morgan fingerprint density at radius 3 is 2.67 bits per heavy atom. The zero-order valence-electron chi connectivity index (χ0n) is 10.6. The summed E-state index contributed by atoms with van der Waals surface area (Å²) in [5, 5.41) is 12.4. The van der Waals surface area contributed by atoms with Crippen molar-refractivity contribution in [2.45, 2.75) is 12.7 Å². The number of aromatic nitrogens is 2. The summed E-state index contributed by atoms with van der Waals surface area (Å²) in [5.74, 6) is -0.721. The lowest BCUT2D eigenvalue weighted by atomic mass is 10.2. The van der Waals surface area contributed by atoms with Gasteiger partial charge in [0.2, 0.25) is 0 Å². The van der Waals surface area contributed by atoms with E-state index in [1.54, 1.807) is 5.38 Å². The van der Waals surface area contributed by atoms with Gasteiger partial charge in [0.15, 0.2) is 0 Å². The number of ether oxygens (including phenoxy) is 1.